The van der Waals surface area contributed by atoms with E-state index in [2.05, 4.69) is 19.1 Å². The maximum atomic E-state index is 10.1. The number of rotatable bonds is 8. The van der Waals surface area contributed by atoms with Gasteiger partial charge in [-0.25, -0.2) is 0 Å². The SMILES string of the molecule is COc1cc(/C=C2\CC[C@H](C)C3=C(c4cc(OC)c(OC)c(OC)c4)C(C#N)=C(N)O[C@@H]32)cc(OC)c1OC. The highest BCUT2D eigenvalue weighted by Crippen LogP contribution is 2.49. The Kier molecular flexibility index (Phi) is 8.15. The van der Waals surface area contributed by atoms with Crippen LogP contribution in [0.15, 0.2) is 46.9 Å². The van der Waals surface area contributed by atoms with Gasteiger partial charge in [0.1, 0.15) is 17.7 Å². The van der Waals surface area contributed by atoms with E-state index < -0.39 is 6.10 Å². The molecule has 206 valence electrons. The molecule has 0 bridgehead atoms. The monoisotopic (exact) mass is 534 g/mol. The molecule has 1 heterocycles. The van der Waals surface area contributed by atoms with E-state index in [1.54, 1.807) is 42.7 Å². The lowest BCUT2D eigenvalue weighted by atomic mass is 9.73. The van der Waals surface area contributed by atoms with E-state index in [1.165, 1.54) is 0 Å². The van der Waals surface area contributed by atoms with E-state index >= 15 is 0 Å². The molecule has 2 N–H and O–H groups in total. The first kappa shape index (κ1) is 27.6. The zero-order valence-corrected chi connectivity index (χ0v) is 23.3. The Morgan fingerprint density at radius 3 is 1.82 bits per heavy atom. The molecule has 0 spiro atoms. The Labute approximate surface area is 229 Å². The van der Waals surface area contributed by atoms with Gasteiger partial charge in [0.05, 0.1) is 42.7 Å². The van der Waals surface area contributed by atoms with Crippen molar-refractivity contribution in [1.82, 2.24) is 0 Å². The van der Waals surface area contributed by atoms with Gasteiger partial charge in [-0.15, -0.1) is 0 Å². The van der Waals surface area contributed by atoms with Crippen LogP contribution in [-0.4, -0.2) is 48.8 Å². The van der Waals surface area contributed by atoms with Gasteiger partial charge in [-0.1, -0.05) is 13.0 Å². The third-order valence-corrected chi connectivity index (χ3v) is 7.15. The van der Waals surface area contributed by atoms with Gasteiger partial charge in [-0.2, -0.15) is 5.26 Å². The molecule has 2 aliphatic rings. The lowest BCUT2D eigenvalue weighted by Crippen LogP contribution is -2.33. The van der Waals surface area contributed by atoms with Crippen LogP contribution in [0.5, 0.6) is 34.5 Å². The fourth-order valence-corrected chi connectivity index (χ4v) is 5.29. The van der Waals surface area contributed by atoms with Gasteiger partial charge < -0.3 is 38.9 Å². The minimum Gasteiger partial charge on any atom is -0.493 e. The molecule has 4 rings (SSSR count). The Morgan fingerprint density at radius 2 is 1.36 bits per heavy atom. The van der Waals surface area contributed by atoms with Gasteiger partial charge in [0, 0.05) is 5.57 Å². The number of nitrogens with two attached hydrogens (primary N) is 1. The number of hydrogen-bond acceptors (Lipinski definition) is 9. The molecule has 2 atom stereocenters. The summed E-state index contributed by atoms with van der Waals surface area (Å²) < 4.78 is 39.5. The van der Waals surface area contributed by atoms with Crippen molar-refractivity contribution >= 4 is 11.6 Å². The third-order valence-electron chi connectivity index (χ3n) is 7.15. The van der Waals surface area contributed by atoms with Crippen molar-refractivity contribution in [3.8, 4) is 40.6 Å². The molecule has 0 amide bonds. The molecule has 2 aromatic rings. The summed E-state index contributed by atoms with van der Waals surface area (Å²) in [6, 6.07) is 9.70. The summed E-state index contributed by atoms with van der Waals surface area (Å²) in [4.78, 5) is 0. The Balaban J connectivity index is 1.93. The molecule has 39 heavy (non-hydrogen) atoms. The third kappa shape index (κ3) is 4.90. The van der Waals surface area contributed by atoms with Crippen LogP contribution in [0, 0.1) is 17.2 Å². The Hall–Kier alpha value is -4.45. The second-order valence-corrected chi connectivity index (χ2v) is 9.21. The number of nitriles is 1. The van der Waals surface area contributed by atoms with Crippen LogP contribution in [0.2, 0.25) is 0 Å². The first-order valence-electron chi connectivity index (χ1n) is 12.5. The van der Waals surface area contributed by atoms with Gasteiger partial charge >= 0.3 is 0 Å². The Morgan fingerprint density at radius 1 is 0.846 bits per heavy atom. The summed E-state index contributed by atoms with van der Waals surface area (Å²) in [5.74, 6) is 3.25. The van der Waals surface area contributed by atoms with Crippen molar-refractivity contribution in [2.45, 2.75) is 25.9 Å². The average Bonchev–Trinajstić information content (AvgIpc) is 2.96. The molecule has 0 radical (unpaired) electrons. The molecule has 0 aromatic heterocycles. The predicted molar refractivity (Wildman–Crippen MR) is 147 cm³/mol. The van der Waals surface area contributed by atoms with Gasteiger partial charge in [-0.3, -0.25) is 0 Å². The van der Waals surface area contributed by atoms with Gasteiger partial charge in [0.25, 0.3) is 0 Å². The zero-order valence-electron chi connectivity index (χ0n) is 23.3. The quantitative estimate of drug-likeness (QED) is 0.494. The van der Waals surface area contributed by atoms with Gasteiger partial charge in [-0.05, 0) is 65.3 Å². The molecule has 9 heteroatoms. The molecule has 1 aliphatic heterocycles. The standard InChI is InChI=1S/C30H34N2O7/c1-16-8-9-18(10-17-11-21(33-2)28(37-6)22(12-17)34-3)27-25(16)26(20(15-31)30(32)39-27)19-13-23(35-4)29(38-7)24(14-19)36-5/h10-14,16,27H,8-9,32H2,1-7H3/b18-10+/t16-,27+/m0/s1. The topological polar surface area (TPSA) is 114 Å². The lowest BCUT2D eigenvalue weighted by molar-refractivity contribution is 0.143. The highest BCUT2D eigenvalue weighted by molar-refractivity contribution is 5.89. The van der Waals surface area contributed by atoms with Crippen molar-refractivity contribution < 1.29 is 33.2 Å². The number of benzene rings is 2. The molecule has 1 fully saturated rings. The van der Waals surface area contributed by atoms with E-state index in [0.717, 1.165) is 35.1 Å². The minimum absolute atomic E-state index is 0.0693. The number of allylic oxidation sites excluding steroid dienone is 2. The largest absolute Gasteiger partial charge is 0.493 e. The van der Waals surface area contributed by atoms with Crippen LogP contribution >= 0.6 is 0 Å². The van der Waals surface area contributed by atoms with Gasteiger partial charge in [0.15, 0.2) is 23.0 Å². The number of methoxy groups -OCH3 is 6. The van der Waals surface area contributed by atoms with Crippen LogP contribution in [0.25, 0.3) is 11.6 Å². The van der Waals surface area contributed by atoms with E-state index in [9.17, 15) is 5.26 Å². The van der Waals surface area contributed by atoms with Crippen molar-refractivity contribution in [3.05, 3.63) is 58.0 Å². The first-order chi connectivity index (χ1) is 18.8. The van der Waals surface area contributed by atoms with Crippen LogP contribution in [0.4, 0.5) is 0 Å². The van der Waals surface area contributed by atoms with Crippen molar-refractivity contribution in [1.29, 1.82) is 5.26 Å². The second kappa shape index (κ2) is 11.5. The van der Waals surface area contributed by atoms with E-state index in [-0.39, 0.29) is 17.4 Å². The molecule has 0 saturated heterocycles. The van der Waals surface area contributed by atoms with Crippen LogP contribution in [-0.2, 0) is 4.74 Å². The molecular weight excluding hydrogens is 500 g/mol. The second-order valence-electron chi connectivity index (χ2n) is 9.21. The number of ether oxygens (including phenoxy) is 7. The summed E-state index contributed by atoms with van der Waals surface area (Å²) in [5, 5.41) is 10.1. The summed E-state index contributed by atoms with van der Waals surface area (Å²) in [7, 11) is 9.40. The number of nitrogens with zero attached hydrogens (tertiary/aromatic N) is 1. The van der Waals surface area contributed by atoms with Gasteiger partial charge in [0.2, 0.25) is 17.4 Å². The van der Waals surface area contributed by atoms with E-state index in [0.29, 0.717) is 40.1 Å². The highest BCUT2D eigenvalue weighted by atomic mass is 16.5. The number of hydrogen-bond donors (Lipinski definition) is 1. The summed E-state index contributed by atoms with van der Waals surface area (Å²) in [6.45, 7) is 2.14. The van der Waals surface area contributed by atoms with Crippen LogP contribution in [0.1, 0.15) is 30.9 Å². The van der Waals surface area contributed by atoms with Crippen molar-refractivity contribution in [3.63, 3.8) is 0 Å². The van der Waals surface area contributed by atoms with Crippen molar-refractivity contribution in [2.24, 2.45) is 11.7 Å². The molecule has 0 unspecified atom stereocenters. The zero-order chi connectivity index (χ0) is 28.3. The average molecular weight is 535 g/mol. The normalized spacial score (nSPS) is 19.6. The first-order valence-corrected chi connectivity index (χ1v) is 12.5. The summed E-state index contributed by atoms with van der Waals surface area (Å²) >= 11 is 0. The van der Waals surface area contributed by atoms with E-state index in [4.69, 9.17) is 38.9 Å². The molecule has 1 aliphatic carbocycles. The fraction of sp³-hybridized carbons (Fsp3) is 0.367. The van der Waals surface area contributed by atoms with Crippen molar-refractivity contribution in [2.75, 3.05) is 42.7 Å². The summed E-state index contributed by atoms with van der Waals surface area (Å²) in [5.41, 5.74) is 11.0. The maximum absolute atomic E-state index is 10.1. The fourth-order valence-electron chi connectivity index (χ4n) is 5.29. The predicted octanol–water partition coefficient (Wildman–Crippen LogP) is 5.10. The van der Waals surface area contributed by atoms with Crippen LogP contribution < -0.4 is 34.2 Å². The maximum Gasteiger partial charge on any atom is 0.204 e. The van der Waals surface area contributed by atoms with Crippen LogP contribution in [0.3, 0.4) is 0 Å². The summed E-state index contributed by atoms with van der Waals surface area (Å²) in [6.07, 6.45) is 3.24. The highest BCUT2D eigenvalue weighted by Gasteiger charge is 2.39. The molecule has 9 nitrogen and oxygen atoms in total. The number of fused-ring (bicyclic) bond motifs is 1. The Bertz CT molecular complexity index is 1350. The minimum atomic E-state index is -0.459. The smallest absolute Gasteiger partial charge is 0.204 e. The van der Waals surface area contributed by atoms with E-state index in [1.807, 2.05) is 24.3 Å². The molecular formula is C30H34N2O7. The molecule has 1 saturated carbocycles. The lowest BCUT2D eigenvalue weighted by Gasteiger charge is -2.38. The molecule has 2 aromatic carbocycles.